The molecule has 104 valence electrons. The minimum absolute atomic E-state index is 0.385. The first-order valence-corrected chi connectivity index (χ1v) is 4.47. The summed E-state index contributed by atoms with van der Waals surface area (Å²) in [5, 5.41) is 43.0. The van der Waals surface area contributed by atoms with Gasteiger partial charge in [-0.05, 0) is 6.72 Å². The van der Waals surface area contributed by atoms with E-state index >= 15 is 0 Å². The number of aliphatic imine (C=N–C) groups is 1. The van der Waals surface area contributed by atoms with E-state index in [0.29, 0.717) is 6.07 Å². The fourth-order valence-electron chi connectivity index (χ4n) is 1.41. The van der Waals surface area contributed by atoms with E-state index < -0.39 is 48.1 Å². The summed E-state index contributed by atoms with van der Waals surface area (Å²) in [5.41, 5.74) is -6.62. The van der Waals surface area contributed by atoms with Crippen LogP contribution in [0, 0.1) is 40.5 Å². The van der Waals surface area contributed by atoms with Crippen molar-refractivity contribution in [2.45, 2.75) is 0 Å². The Morgan fingerprint density at radius 3 is 1.55 bits per heavy atom. The Bertz CT molecular complexity index is 668. The van der Waals surface area contributed by atoms with E-state index in [2.05, 4.69) is 11.7 Å². The smallest absolute Gasteiger partial charge is 0.258 e. The number of hydrogen-bond donors (Lipinski definition) is 0. The van der Waals surface area contributed by atoms with Crippen molar-refractivity contribution in [2.75, 3.05) is 0 Å². The third-order valence-corrected chi connectivity index (χ3v) is 2.12. The molecule has 0 aliphatic rings. The summed E-state index contributed by atoms with van der Waals surface area (Å²) in [5.74, 6) is 0. The van der Waals surface area contributed by atoms with Gasteiger partial charge in [-0.25, -0.2) is 0 Å². The first kappa shape index (κ1) is 14.6. The molecule has 0 spiro atoms. The zero-order valence-electron chi connectivity index (χ0n) is 9.29. The minimum atomic E-state index is -1.61. The summed E-state index contributed by atoms with van der Waals surface area (Å²) in [6, 6.07) is 0.385. The lowest BCUT2D eigenvalue weighted by Crippen LogP contribution is -2.05. The van der Waals surface area contributed by atoms with Gasteiger partial charge in [0.25, 0.3) is 0 Å². The molecule has 0 saturated heterocycles. The van der Waals surface area contributed by atoms with Crippen molar-refractivity contribution in [3.63, 3.8) is 0 Å². The fraction of sp³-hybridized carbons (Fsp3) is 0. The van der Waals surface area contributed by atoms with Gasteiger partial charge < -0.3 is 0 Å². The molecule has 0 saturated carbocycles. The number of hydrogen-bond acceptors (Lipinski definition) is 9. The van der Waals surface area contributed by atoms with Crippen LogP contribution in [0.1, 0.15) is 0 Å². The molecule has 0 fully saturated rings. The zero-order valence-corrected chi connectivity index (χ0v) is 9.29. The van der Waals surface area contributed by atoms with Gasteiger partial charge in [0.1, 0.15) is 0 Å². The van der Waals surface area contributed by atoms with Crippen molar-refractivity contribution in [1.29, 1.82) is 0 Å². The summed E-state index contributed by atoms with van der Waals surface area (Å²) >= 11 is 0. The molecular weight excluding hydrogens is 282 g/mol. The van der Waals surface area contributed by atoms with Crippen LogP contribution in [0.4, 0.5) is 28.4 Å². The van der Waals surface area contributed by atoms with Gasteiger partial charge in [0.05, 0.1) is 25.8 Å². The molecule has 1 aromatic carbocycles. The monoisotopic (exact) mass is 285 g/mol. The molecule has 0 aromatic heterocycles. The molecule has 0 aliphatic heterocycles. The fourth-order valence-corrected chi connectivity index (χ4v) is 1.41. The van der Waals surface area contributed by atoms with Crippen LogP contribution in [0.15, 0.2) is 11.1 Å². The molecule has 13 nitrogen and oxygen atoms in total. The maximum atomic E-state index is 10.8. The van der Waals surface area contributed by atoms with E-state index in [4.69, 9.17) is 0 Å². The molecule has 1 rings (SSSR count). The van der Waals surface area contributed by atoms with Crippen LogP contribution >= 0.6 is 0 Å². The quantitative estimate of drug-likeness (QED) is 0.443. The SMILES string of the molecule is C=Nc1cc([N+](=O)[O-])c([N+](=O)[O-])c([N+](=O)[O-])c1[N+](=O)[O-]. The van der Waals surface area contributed by atoms with Gasteiger partial charge in [-0.1, -0.05) is 0 Å². The number of nitro groups is 4. The Kier molecular flexibility index (Phi) is 3.64. The van der Waals surface area contributed by atoms with Gasteiger partial charge >= 0.3 is 22.7 Å². The van der Waals surface area contributed by atoms with Crippen molar-refractivity contribution in [1.82, 2.24) is 0 Å². The first-order chi connectivity index (χ1) is 9.22. The average Bonchev–Trinajstić information content (AvgIpc) is 2.35. The molecular formula is C7H3N5O8. The van der Waals surface area contributed by atoms with Gasteiger partial charge in [-0.15, -0.1) is 0 Å². The second-order valence-electron chi connectivity index (χ2n) is 3.15. The Morgan fingerprint density at radius 2 is 1.25 bits per heavy atom. The van der Waals surface area contributed by atoms with E-state index in [1.54, 1.807) is 0 Å². The summed E-state index contributed by atoms with van der Waals surface area (Å²) in [6.07, 6.45) is 0. The average molecular weight is 285 g/mol. The van der Waals surface area contributed by atoms with Crippen molar-refractivity contribution < 1.29 is 19.7 Å². The van der Waals surface area contributed by atoms with Gasteiger partial charge in [-0.3, -0.25) is 45.4 Å². The molecule has 0 aliphatic carbocycles. The normalized spacial score (nSPS) is 9.80. The van der Waals surface area contributed by atoms with E-state index in [9.17, 15) is 40.5 Å². The van der Waals surface area contributed by atoms with E-state index in [-0.39, 0.29) is 0 Å². The highest BCUT2D eigenvalue weighted by atomic mass is 16.7. The molecule has 13 heteroatoms. The number of nitro benzene ring substituents is 4. The van der Waals surface area contributed by atoms with Crippen LogP contribution in [0.3, 0.4) is 0 Å². The van der Waals surface area contributed by atoms with Crippen LogP contribution in [0.5, 0.6) is 0 Å². The lowest BCUT2D eigenvalue weighted by atomic mass is 10.1. The number of benzene rings is 1. The highest BCUT2D eigenvalue weighted by Gasteiger charge is 2.46. The van der Waals surface area contributed by atoms with Gasteiger partial charge in [-0.2, -0.15) is 0 Å². The maximum absolute atomic E-state index is 10.8. The van der Waals surface area contributed by atoms with Crippen molar-refractivity contribution in [3.8, 4) is 0 Å². The number of nitrogens with zero attached hydrogens (tertiary/aromatic N) is 5. The van der Waals surface area contributed by atoms with Crippen LogP contribution in [0.25, 0.3) is 0 Å². The predicted molar refractivity (Wildman–Crippen MR) is 62.3 cm³/mol. The molecule has 0 bridgehead atoms. The summed E-state index contributed by atoms with van der Waals surface area (Å²) < 4.78 is 0. The lowest BCUT2D eigenvalue weighted by Gasteiger charge is -2.00. The summed E-state index contributed by atoms with van der Waals surface area (Å²) in [7, 11) is 0. The van der Waals surface area contributed by atoms with Crippen LogP contribution < -0.4 is 0 Å². The summed E-state index contributed by atoms with van der Waals surface area (Å²) in [4.78, 5) is 40.6. The van der Waals surface area contributed by atoms with Crippen molar-refractivity contribution in [3.05, 3.63) is 46.5 Å². The van der Waals surface area contributed by atoms with Crippen LogP contribution in [0.2, 0.25) is 0 Å². The highest BCUT2D eigenvalue weighted by Crippen LogP contribution is 2.48. The molecule has 20 heavy (non-hydrogen) atoms. The standard InChI is InChI=1S/C7H3N5O8/c1-8-3-2-4(9(13)14)6(11(17)18)7(12(19)20)5(3)10(15)16/h2H,1H2. The molecule has 0 unspecified atom stereocenters. The number of rotatable bonds is 5. The molecule has 0 atom stereocenters. The summed E-state index contributed by atoms with van der Waals surface area (Å²) in [6.45, 7) is 2.88. The van der Waals surface area contributed by atoms with Crippen LogP contribution in [-0.4, -0.2) is 26.4 Å². The van der Waals surface area contributed by atoms with Crippen LogP contribution in [-0.2, 0) is 0 Å². The predicted octanol–water partition coefficient (Wildman–Crippen LogP) is 1.65. The van der Waals surface area contributed by atoms with E-state index in [1.807, 2.05) is 0 Å². The third-order valence-electron chi connectivity index (χ3n) is 2.12. The zero-order chi connectivity index (χ0) is 15.6. The van der Waals surface area contributed by atoms with Crippen molar-refractivity contribution in [2.24, 2.45) is 4.99 Å². The lowest BCUT2D eigenvalue weighted by molar-refractivity contribution is -0.451. The largest absolute Gasteiger partial charge is 0.432 e. The second-order valence-corrected chi connectivity index (χ2v) is 3.15. The molecule has 1 aromatic rings. The van der Waals surface area contributed by atoms with E-state index in [1.165, 1.54) is 0 Å². The first-order valence-electron chi connectivity index (χ1n) is 4.47. The minimum Gasteiger partial charge on any atom is -0.258 e. The maximum Gasteiger partial charge on any atom is 0.432 e. The van der Waals surface area contributed by atoms with Gasteiger partial charge in [0.15, 0.2) is 5.69 Å². The van der Waals surface area contributed by atoms with E-state index in [0.717, 1.165) is 0 Å². The Balaban J connectivity index is 4.07. The molecule has 0 radical (unpaired) electrons. The Labute approximate surface area is 107 Å². The Morgan fingerprint density at radius 1 is 0.800 bits per heavy atom. The Hall–Kier alpha value is -3.51. The highest BCUT2D eigenvalue weighted by molar-refractivity contribution is 5.84. The van der Waals surface area contributed by atoms with Gasteiger partial charge in [0, 0.05) is 0 Å². The topological polar surface area (TPSA) is 185 Å². The second kappa shape index (κ2) is 5.01. The molecule has 0 N–H and O–H groups in total. The third kappa shape index (κ3) is 2.22. The van der Waals surface area contributed by atoms with Crippen molar-refractivity contribution >= 4 is 35.2 Å². The molecule has 0 heterocycles. The van der Waals surface area contributed by atoms with Gasteiger partial charge in [0.2, 0.25) is 0 Å². The molecule has 0 amide bonds.